The molecule has 1 aliphatic heterocycles. The summed E-state index contributed by atoms with van der Waals surface area (Å²) in [5.41, 5.74) is -0.0504. The van der Waals surface area contributed by atoms with Crippen molar-refractivity contribution in [2.75, 3.05) is 0 Å². The number of aliphatic imine (C=N–C) groups is 1. The third kappa shape index (κ3) is 2.36. The Labute approximate surface area is 133 Å². The molecule has 6 heteroatoms. The number of amides is 1. The topological polar surface area (TPSA) is 91.7 Å². The fraction of sp³-hybridized carbons (Fsp3) is 0.294. The van der Waals surface area contributed by atoms with Crippen LogP contribution in [0.15, 0.2) is 35.3 Å². The lowest BCUT2D eigenvalue weighted by atomic mass is 9.89. The zero-order valence-corrected chi connectivity index (χ0v) is 13.1. The summed E-state index contributed by atoms with van der Waals surface area (Å²) in [6, 6.07) is 8.79. The molecule has 0 spiro atoms. The number of pyridine rings is 1. The number of para-hydroxylation sites is 1. The summed E-state index contributed by atoms with van der Waals surface area (Å²) >= 11 is 0. The number of aromatic carboxylic acids is 1. The second-order valence-corrected chi connectivity index (χ2v) is 6.10. The largest absolute Gasteiger partial charge is 0.478 e. The number of nitrogens with zero attached hydrogens (tertiary/aromatic N) is 2. The zero-order valence-electron chi connectivity index (χ0n) is 13.1. The number of amidine groups is 1. The summed E-state index contributed by atoms with van der Waals surface area (Å²) in [6.45, 7) is 5.54. The molecule has 0 unspecified atom stereocenters. The summed E-state index contributed by atoms with van der Waals surface area (Å²) in [7, 11) is 0. The molecule has 2 N–H and O–H groups in total. The molecule has 118 valence electrons. The molecule has 1 atom stereocenters. The Morgan fingerprint density at radius 3 is 2.61 bits per heavy atom. The first kappa shape index (κ1) is 15.1. The number of hydrogen-bond donors (Lipinski definition) is 2. The molecule has 0 saturated carbocycles. The lowest BCUT2D eigenvalue weighted by Crippen LogP contribution is -2.41. The van der Waals surface area contributed by atoms with Crippen LogP contribution in [0.25, 0.3) is 10.9 Å². The number of aromatic nitrogens is 1. The number of carbonyl (C=O) groups is 2. The van der Waals surface area contributed by atoms with E-state index >= 15 is 0 Å². The van der Waals surface area contributed by atoms with Crippen LogP contribution >= 0.6 is 0 Å². The summed E-state index contributed by atoms with van der Waals surface area (Å²) in [6.07, 6.45) is 0. The Morgan fingerprint density at radius 2 is 2.00 bits per heavy atom. The molecule has 3 rings (SSSR count). The third-order valence-corrected chi connectivity index (χ3v) is 4.34. The van der Waals surface area contributed by atoms with Gasteiger partial charge in [0, 0.05) is 5.39 Å². The van der Waals surface area contributed by atoms with E-state index in [2.05, 4.69) is 15.3 Å². The molecule has 1 aromatic carbocycles. The number of hydrogen-bond acceptors (Lipinski definition) is 4. The number of rotatable bonds is 3. The monoisotopic (exact) mass is 311 g/mol. The maximum absolute atomic E-state index is 12.3. The molecule has 1 aliphatic rings. The zero-order chi connectivity index (χ0) is 16.8. The predicted octanol–water partition coefficient (Wildman–Crippen LogP) is 2.22. The van der Waals surface area contributed by atoms with E-state index in [1.54, 1.807) is 25.1 Å². The van der Waals surface area contributed by atoms with Crippen LogP contribution in [0.3, 0.4) is 0 Å². The van der Waals surface area contributed by atoms with Crippen molar-refractivity contribution in [1.29, 1.82) is 0 Å². The summed E-state index contributed by atoms with van der Waals surface area (Å²) in [4.78, 5) is 32.7. The van der Waals surface area contributed by atoms with Gasteiger partial charge in [0.15, 0.2) is 5.84 Å². The second-order valence-electron chi connectivity index (χ2n) is 6.10. The van der Waals surface area contributed by atoms with Gasteiger partial charge in [0.25, 0.3) is 5.91 Å². The Balaban J connectivity index is 2.22. The van der Waals surface area contributed by atoms with Gasteiger partial charge in [-0.15, -0.1) is 0 Å². The summed E-state index contributed by atoms with van der Waals surface area (Å²) < 4.78 is 0. The van der Waals surface area contributed by atoms with Crippen molar-refractivity contribution in [2.24, 2.45) is 10.9 Å². The highest BCUT2D eigenvalue weighted by Crippen LogP contribution is 2.28. The standard InChI is InChI=1S/C17H17N3O3/c1-9(2)17(3)16(23)19-14(20-17)13-11(15(21)22)8-10-6-4-5-7-12(10)18-13/h4-9H,1-3H3,(H,21,22)(H,19,20,23)/t17-/m0/s1. The van der Waals surface area contributed by atoms with Crippen LogP contribution in [0.1, 0.15) is 36.8 Å². The fourth-order valence-electron chi connectivity index (χ4n) is 2.51. The van der Waals surface area contributed by atoms with Gasteiger partial charge < -0.3 is 10.4 Å². The van der Waals surface area contributed by atoms with Crippen LogP contribution in [0, 0.1) is 5.92 Å². The normalized spacial score (nSPS) is 20.7. The predicted molar refractivity (Wildman–Crippen MR) is 86.6 cm³/mol. The van der Waals surface area contributed by atoms with E-state index in [0.717, 1.165) is 5.39 Å². The molecular weight excluding hydrogens is 294 g/mol. The van der Waals surface area contributed by atoms with Crippen LogP contribution in [0.4, 0.5) is 0 Å². The molecule has 0 saturated heterocycles. The molecule has 1 amide bonds. The van der Waals surface area contributed by atoms with Crippen LogP contribution in [-0.2, 0) is 4.79 Å². The average Bonchev–Trinajstić information content (AvgIpc) is 2.82. The van der Waals surface area contributed by atoms with Gasteiger partial charge in [0.2, 0.25) is 0 Å². The maximum Gasteiger partial charge on any atom is 0.338 e. The van der Waals surface area contributed by atoms with Gasteiger partial charge >= 0.3 is 5.97 Å². The Bertz CT molecular complexity index is 857. The van der Waals surface area contributed by atoms with Gasteiger partial charge in [-0.05, 0) is 25.0 Å². The highest BCUT2D eigenvalue weighted by Gasteiger charge is 2.43. The van der Waals surface area contributed by atoms with E-state index in [0.29, 0.717) is 5.52 Å². The van der Waals surface area contributed by atoms with E-state index in [1.807, 2.05) is 26.0 Å². The lowest BCUT2D eigenvalue weighted by Gasteiger charge is -2.21. The molecule has 0 bridgehead atoms. The average molecular weight is 311 g/mol. The van der Waals surface area contributed by atoms with Crippen LogP contribution in [-0.4, -0.2) is 33.3 Å². The quantitative estimate of drug-likeness (QED) is 0.909. The molecule has 2 heterocycles. The van der Waals surface area contributed by atoms with Crippen molar-refractivity contribution in [3.63, 3.8) is 0 Å². The minimum Gasteiger partial charge on any atom is -0.478 e. The first-order valence-electron chi connectivity index (χ1n) is 7.37. The molecule has 2 aromatic rings. The van der Waals surface area contributed by atoms with E-state index in [1.165, 1.54) is 0 Å². The van der Waals surface area contributed by atoms with E-state index in [-0.39, 0.29) is 28.9 Å². The van der Waals surface area contributed by atoms with Gasteiger partial charge in [-0.25, -0.2) is 14.8 Å². The van der Waals surface area contributed by atoms with E-state index in [9.17, 15) is 14.7 Å². The van der Waals surface area contributed by atoms with Crippen molar-refractivity contribution in [1.82, 2.24) is 10.3 Å². The van der Waals surface area contributed by atoms with Crippen LogP contribution in [0.2, 0.25) is 0 Å². The number of carboxylic acid groups (broad SMARTS) is 1. The molecule has 23 heavy (non-hydrogen) atoms. The lowest BCUT2D eigenvalue weighted by molar-refractivity contribution is -0.124. The molecule has 0 fully saturated rings. The van der Waals surface area contributed by atoms with Gasteiger partial charge in [-0.1, -0.05) is 32.0 Å². The number of nitrogens with one attached hydrogen (secondary N) is 1. The number of fused-ring (bicyclic) bond motifs is 1. The first-order chi connectivity index (χ1) is 10.8. The Morgan fingerprint density at radius 1 is 1.30 bits per heavy atom. The molecule has 0 aliphatic carbocycles. The third-order valence-electron chi connectivity index (χ3n) is 4.34. The second kappa shape index (κ2) is 5.15. The fourth-order valence-corrected chi connectivity index (χ4v) is 2.51. The van der Waals surface area contributed by atoms with E-state index < -0.39 is 11.5 Å². The molecule has 1 aromatic heterocycles. The highest BCUT2D eigenvalue weighted by molar-refractivity contribution is 6.18. The van der Waals surface area contributed by atoms with Gasteiger partial charge in [0.1, 0.15) is 11.2 Å². The number of carbonyl (C=O) groups excluding carboxylic acids is 1. The minimum absolute atomic E-state index is 0.0197. The summed E-state index contributed by atoms with van der Waals surface area (Å²) in [5.74, 6) is -1.15. The highest BCUT2D eigenvalue weighted by atomic mass is 16.4. The van der Waals surface area contributed by atoms with Gasteiger partial charge in [-0.3, -0.25) is 4.79 Å². The SMILES string of the molecule is CC(C)[C@]1(C)N=C(c2nc3ccccc3cc2C(=O)O)NC1=O. The maximum atomic E-state index is 12.3. The molecular formula is C17H17N3O3. The van der Waals surface area contributed by atoms with Crippen LogP contribution in [0.5, 0.6) is 0 Å². The van der Waals surface area contributed by atoms with Gasteiger partial charge in [0.05, 0.1) is 11.1 Å². The number of benzene rings is 1. The first-order valence-corrected chi connectivity index (χ1v) is 7.37. The smallest absolute Gasteiger partial charge is 0.338 e. The minimum atomic E-state index is -1.10. The van der Waals surface area contributed by atoms with Gasteiger partial charge in [-0.2, -0.15) is 0 Å². The van der Waals surface area contributed by atoms with Crippen molar-refractivity contribution in [3.05, 3.63) is 41.6 Å². The molecule has 0 radical (unpaired) electrons. The Kier molecular flexibility index (Phi) is 3.39. The molecule has 6 nitrogen and oxygen atoms in total. The number of carboxylic acids is 1. The summed E-state index contributed by atoms with van der Waals surface area (Å²) in [5, 5.41) is 12.9. The van der Waals surface area contributed by atoms with Crippen molar-refractivity contribution in [3.8, 4) is 0 Å². The van der Waals surface area contributed by atoms with E-state index in [4.69, 9.17) is 0 Å². The Hall–Kier alpha value is -2.76. The van der Waals surface area contributed by atoms with Crippen LogP contribution < -0.4 is 5.32 Å². The van der Waals surface area contributed by atoms with Crippen molar-refractivity contribution < 1.29 is 14.7 Å². The van der Waals surface area contributed by atoms with Crippen molar-refractivity contribution in [2.45, 2.75) is 26.3 Å². The van der Waals surface area contributed by atoms with Crippen molar-refractivity contribution >= 4 is 28.6 Å².